The largest absolute Gasteiger partial charge is 0.255 e. The third kappa shape index (κ3) is 53.8. The summed E-state index contributed by atoms with van der Waals surface area (Å²) in [4.78, 5) is 0. The fourth-order valence-corrected chi connectivity index (χ4v) is 1.14. The Morgan fingerprint density at radius 1 is 0.714 bits per heavy atom. The fraction of sp³-hybridized carbons (Fsp3) is 1.00. The molecule has 0 aromatic rings. The van der Waals surface area contributed by atoms with Crippen molar-refractivity contribution in [3.63, 3.8) is 0 Å². The summed E-state index contributed by atoms with van der Waals surface area (Å²) in [5.74, 6) is 1.56. The average Bonchev–Trinajstić information content (AvgIpc) is 2.47. The van der Waals surface area contributed by atoms with Crippen molar-refractivity contribution in [1.29, 1.82) is 0 Å². The second kappa shape index (κ2) is 42.7. The highest BCUT2D eigenvalue weighted by Gasteiger charge is 2.00. The molecule has 0 atom stereocenters. The molecule has 0 aromatic carbocycles. The minimum Gasteiger partial charge on any atom is -0.255 e. The van der Waals surface area contributed by atoms with Crippen LogP contribution in [0.2, 0.25) is 0 Å². The summed E-state index contributed by atoms with van der Waals surface area (Å²) < 4.78 is 31.4. The molecule has 138 valence electrons. The van der Waals surface area contributed by atoms with Crippen LogP contribution < -0.4 is 0 Å². The molecule has 0 radical (unpaired) electrons. The van der Waals surface area contributed by atoms with E-state index in [1.165, 1.54) is 19.8 Å². The van der Waals surface area contributed by atoms with E-state index in [9.17, 15) is 13.2 Å². The van der Waals surface area contributed by atoms with Crippen LogP contribution in [0.5, 0.6) is 0 Å². The van der Waals surface area contributed by atoms with E-state index in [0.717, 1.165) is 25.2 Å². The summed E-state index contributed by atoms with van der Waals surface area (Å²) in [6, 6.07) is 0. The Morgan fingerprint density at radius 2 is 1.00 bits per heavy atom. The number of hydrogen-bond donors (Lipinski definition) is 0. The lowest BCUT2D eigenvalue weighted by Crippen LogP contribution is -1.96. The van der Waals surface area contributed by atoms with Crippen LogP contribution in [0.4, 0.5) is 13.2 Å². The molecule has 0 nitrogen and oxygen atoms in total. The van der Waals surface area contributed by atoms with Crippen LogP contribution in [0.15, 0.2) is 0 Å². The predicted molar refractivity (Wildman–Crippen MR) is 96.6 cm³/mol. The van der Waals surface area contributed by atoms with Crippen molar-refractivity contribution in [2.75, 3.05) is 20.5 Å². The summed E-state index contributed by atoms with van der Waals surface area (Å²) >= 11 is 0. The zero-order valence-electron chi connectivity index (χ0n) is 14.2. The van der Waals surface area contributed by atoms with Crippen molar-refractivity contribution in [3.8, 4) is 0 Å². The van der Waals surface area contributed by atoms with E-state index in [0.29, 0.717) is 13.1 Å². The van der Waals surface area contributed by atoms with Gasteiger partial charge in [-0.15, -0.1) is 0 Å². The third-order valence-corrected chi connectivity index (χ3v) is 3.07. The lowest BCUT2D eigenvalue weighted by Gasteiger charge is -2.06. The maximum absolute atomic E-state index is 11.6. The first-order valence-corrected chi connectivity index (χ1v) is 7.57. The molecule has 0 spiro atoms. The van der Waals surface area contributed by atoms with Crippen molar-refractivity contribution >= 4 is 0 Å². The van der Waals surface area contributed by atoms with Crippen molar-refractivity contribution in [2.45, 2.75) is 88.5 Å². The van der Waals surface area contributed by atoms with Gasteiger partial charge >= 0.3 is 0 Å². The first-order chi connectivity index (χ1) is 9.07. The SMILES string of the molecule is C.C.CCC(C)CC.CCC(CC)CCF.CCF.CF. The molecule has 0 aliphatic carbocycles. The van der Waals surface area contributed by atoms with Gasteiger partial charge in [-0.2, -0.15) is 0 Å². The summed E-state index contributed by atoms with van der Waals surface area (Å²) in [5.41, 5.74) is 0. The van der Waals surface area contributed by atoms with Crippen LogP contribution in [0.1, 0.15) is 88.5 Å². The van der Waals surface area contributed by atoms with Crippen LogP contribution >= 0.6 is 0 Å². The molecule has 0 bridgehead atoms. The van der Waals surface area contributed by atoms with Crippen molar-refractivity contribution in [2.24, 2.45) is 11.8 Å². The van der Waals surface area contributed by atoms with Crippen molar-refractivity contribution < 1.29 is 13.2 Å². The van der Waals surface area contributed by atoms with E-state index >= 15 is 0 Å². The minimum atomic E-state index is -0.250. The molecule has 0 aliphatic heterocycles. The zero-order valence-corrected chi connectivity index (χ0v) is 14.2. The Hall–Kier alpha value is -0.210. The van der Waals surface area contributed by atoms with Gasteiger partial charge in [-0.05, 0) is 25.2 Å². The van der Waals surface area contributed by atoms with Crippen LogP contribution in [0.3, 0.4) is 0 Å². The molecule has 3 heteroatoms. The monoisotopic (exact) mass is 318 g/mol. The molecule has 0 fully saturated rings. The second-order valence-electron chi connectivity index (χ2n) is 4.35. The van der Waals surface area contributed by atoms with Crippen molar-refractivity contribution in [1.82, 2.24) is 0 Å². The third-order valence-electron chi connectivity index (χ3n) is 3.07. The van der Waals surface area contributed by atoms with Gasteiger partial charge in [0, 0.05) is 0 Å². The first kappa shape index (κ1) is 37.2. The molecule has 0 saturated heterocycles. The molecule has 0 heterocycles. The van der Waals surface area contributed by atoms with Crippen LogP contribution in [-0.2, 0) is 0 Å². The normalized spacial score (nSPS) is 8.00. The average molecular weight is 319 g/mol. The zero-order chi connectivity index (χ0) is 16.1. The number of alkyl halides is 3. The van der Waals surface area contributed by atoms with Gasteiger partial charge in [-0.25, -0.2) is 0 Å². The lowest BCUT2D eigenvalue weighted by molar-refractivity contribution is 0.371. The molecule has 0 saturated carbocycles. The molecule has 0 unspecified atom stereocenters. The van der Waals surface area contributed by atoms with E-state index < -0.39 is 0 Å². The van der Waals surface area contributed by atoms with Crippen LogP contribution in [0, 0.1) is 11.8 Å². The van der Waals surface area contributed by atoms with Gasteiger partial charge < -0.3 is 0 Å². The molecule has 0 aromatic heterocycles. The minimum absolute atomic E-state index is 0. The quantitative estimate of drug-likeness (QED) is 0.464. The predicted octanol–water partition coefficient (Wildman–Crippen LogP) is 8.06. The Bertz CT molecular complexity index is 101. The highest BCUT2D eigenvalue weighted by atomic mass is 19.1. The van der Waals surface area contributed by atoms with Gasteiger partial charge in [-0.3, -0.25) is 13.2 Å². The molecule has 0 N–H and O–H groups in total. The van der Waals surface area contributed by atoms with Gasteiger partial charge in [0.25, 0.3) is 0 Å². The fourth-order valence-electron chi connectivity index (χ4n) is 1.14. The maximum Gasteiger partial charge on any atom is 0.0897 e. The lowest BCUT2D eigenvalue weighted by atomic mass is 10.0. The van der Waals surface area contributed by atoms with Crippen molar-refractivity contribution in [3.05, 3.63) is 0 Å². The maximum atomic E-state index is 11.6. The van der Waals surface area contributed by atoms with E-state index in [1.807, 2.05) is 0 Å². The summed E-state index contributed by atoms with van der Waals surface area (Å²) in [6.45, 7) is 12.0. The Balaban J connectivity index is -0.0000000388. The molecular formula is C18H45F3. The van der Waals surface area contributed by atoms with Gasteiger partial charge in [0.15, 0.2) is 0 Å². The topological polar surface area (TPSA) is 0 Å². The highest BCUT2D eigenvalue weighted by molar-refractivity contribution is 4.52. The molecule has 0 rings (SSSR count). The molecular weight excluding hydrogens is 273 g/mol. The number of halogens is 3. The first-order valence-electron chi connectivity index (χ1n) is 7.57. The Kier molecular flexibility index (Phi) is 75.7. The van der Waals surface area contributed by atoms with Gasteiger partial charge in [0.1, 0.15) is 0 Å². The van der Waals surface area contributed by atoms with Crippen LogP contribution in [0.25, 0.3) is 0 Å². The summed E-state index contributed by atoms with van der Waals surface area (Å²) in [7, 11) is 0.500. The molecule has 21 heavy (non-hydrogen) atoms. The Labute approximate surface area is 134 Å². The Morgan fingerprint density at radius 3 is 1.05 bits per heavy atom. The number of rotatable bonds is 6. The molecule has 0 amide bonds. The van der Waals surface area contributed by atoms with E-state index in [-0.39, 0.29) is 28.2 Å². The standard InChI is InChI=1S/C7H15F.C6H14.C2H5F.CH3F.2CH4/c1-3-7(4-2)5-6-8;1-4-6(3)5-2;1-2-3;1-2;;/h7H,3-6H2,1-2H3;6H,4-5H2,1-3H3;2H2,1H3;1H3;2*1H4. The smallest absolute Gasteiger partial charge is 0.0897 e. The van der Waals surface area contributed by atoms with Gasteiger partial charge in [0.2, 0.25) is 0 Å². The van der Waals surface area contributed by atoms with E-state index in [2.05, 4.69) is 34.6 Å². The highest BCUT2D eigenvalue weighted by Crippen LogP contribution is 2.11. The van der Waals surface area contributed by atoms with Crippen LogP contribution in [-0.4, -0.2) is 20.5 Å². The second-order valence-corrected chi connectivity index (χ2v) is 4.35. The van der Waals surface area contributed by atoms with Gasteiger partial charge in [0.05, 0.1) is 20.5 Å². The number of hydrogen-bond acceptors (Lipinski definition) is 0. The van der Waals surface area contributed by atoms with Gasteiger partial charge in [-0.1, -0.05) is 75.2 Å². The summed E-state index contributed by atoms with van der Waals surface area (Å²) in [6.07, 6.45) is 5.67. The van der Waals surface area contributed by atoms with E-state index in [4.69, 9.17) is 0 Å². The molecule has 0 aliphatic rings. The van der Waals surface area contributed by atoms with E-state index in [1.54, 1.807) is 0 Å². The summed E-state index contributed by atoms with van der Waals surface area (Å²) in [5, 5.41) is 0.